The topological polar surface area (TPSA) is 55.1 Å². The number of aryl methyl sites for hydroxylation is 2. The number of carbonyl (C=O) groups is 1. The molecule has 80 valence electrons. The molecule has 0 unspecified atom stereocenters. The van der Waals surface area contributed by atoms with Crippen LogP contribution < -0.4 is 11.1 Å². The molecule has 3 N–H and O–H groups in total. The minimum atomic E-state index is -0.126. The van der Waals surface area contributed by atoms with Crippen molar-refractivity contribution in [2.45, 2.75) is 13.8 Å². The first kappa shape index (κ1) is 11.7. The molecule has 0 radical (unpaired) electrons. The quantitative estimate of drug-likeness (QED) is 0.758. The lowest BCUT2D eigenvalue weighted by Crippen LogP contribution is -2.33. The molecule has 0 bridgehead atoms. The van der Waals surface area contributed by atoms with Gasteiger partial charge in [-0.3, -0.25) is 4.79 Å². The summed E-state index contributed by atoms with van der Waals surface area (Å²) in [5.74, 6) is -0.126. The molecule has 1 aromatic carbocycles. The van der Waals surface area contributed by atoms with Gasteiger partial charge in [0.2, 0.25) is 0 Å². The van der Waals surface area contributed by atoms with Gasteiger partial charge in [-0.1, -0.05) is 30.4 Å². The Hall–Kier alpha value is -1.42. The van der Waals surface area contributed by atoms with Crippen molar-refractivity contribution < 1.29 is 4.79 Å². The fourth-order valence-electron chi connectivity index (χ4n) is 1.43. The Labute approximate surface area is 94.7 Å². The molecule has 0 heterocycles. The highest BCUT2D eigenvalue weighted by molar-refractivity contribution is 7.80. The Morgan fingerprint density at radius 1 is 1.40 bits per heavy atom. The van der Waals surface area contributed by atoms with E-state index in [4.69, 9.17) is 18.0 Å². The maximum absolute atomic E-state index is 11.8. The molecule has 3 nitrogen and oxygen atoms in total. The number of hydrogen-bond donors (Lipinski definition) is 2. The van der Waals surface area contributed by atoms with Crippen molar-refractivity contribution in [3.8, 4) is 0 Å². The van der Waals surface area contributed by atoms with Gasteiger partial charge in [-0.2, -0.15) is 0 Å². The first-order chi connectivity index (χ1) is 7.02. The standard InChI is InChI=1S/C11H14N2OS/c1-7-4-3-5-8(2)10(7)11(14)13-6-9(12)15/h3-5H,6H2,1-2H3,(H2,12,15)(H,13,14). The van der Waals surface area contributed by atoms with E-state index in [2.05, 4.69) is 5.32 Å². The van der Waals surface area contributed by atoms with Crippen LogP contribution in [-0.4, -0.2) is 17.4 Å². The maximum Gasteiger partial charge on any atom is 0.252 e. The molecule has 0 saturated carbocycles. The molecule has 4 heteroatoms. The van der Waals surface area contributed by atoms with Gasteiger partial charge < -0.3 is 11.1 Å². The van der Waals surface area contributed by atoms with Crippen molar-refractivity contribution in [2.24, 2.45) is 5.73 Å². The molecule has 0 spiro atoms. The second-order valence-electron chi connectivity index (χ2n) is 3.42. The number of hydrogen-bond acceptors (Lipinski definition) is 2. The summed E-state index contributed by atoms with van der Waals surface area (Å²) in [5, 5.41) is 2.67. The number of nitrogens with one attached hydrogen (secondary N) is 1. The zero-order valence-corrected chi connectivity index (χ0v) is 9.65. The first-order valence-electron chi connectivity index (χ1n) is 4.65. The number of rotatable bonds is 3. The summed E-state index contributed by atoms with van der Waals surface area (Å²) in [6, 6.07) is 5.74. The molecule has 0 atom stereocenters. The fraction of sp³-hybridized carbons (Fsp3) is 0.273. The summed E-state index contributed by atoms with van der Waals surface area (Å²) in [7, 11) is 0. The molecule has 0 fully saturated rings. The second kappa shape index (κ2) is 4.89. The lowest BCUT2D eigenvalue weighted by atomic mass is 10.0. The Bertz CT molecular complexity index is 381. The fourth-order valence-corrected chi connectivity index (χ4v) is 1.50. The van der Waals surface area contributed by atoms with E-state index < -0.39 is 0 Å². The van der Waals surface area contributed by atoms with E-state index in [1.54, 1.807) is 0 Å². The van der Waals surface area contributed by atoms with Crippen molar-refractivity contribution in [2.75, 3.05) is 6.54 Å². The Kier molecular flexibility index (Phi) is 3.80. The molecule has 15 heavy (non-hydrogen) atoms. The molecular formula is C11H14N2OS. The van der Waals surface area contributed by atoms with E-state index in [1.807, 2.05) is 32.0 Å². The number of amides is 1. The summed E-state index contributed by atoms with van der Waals surface area (Å²) in [4.78, 5) is 12.1. The van der Waals surface area contributed by atoms with Gasteiger partial charge in [0.1, 0.15) is 0 Å². The van der Waals surface area contributed by atoms with E-state index >= 15 is 0 Å². The van der Waals surface area contributed by atoms with Gasteiger partial charge in [0.15, 0.2) is 0 Å². The van der Waals surface area contributed by atoms with Gasteiger partial charge in [0, 0.05) is 5.56 Å². The first-order valence-corrected chi connectivity index (χ1v) is 5.06. The SMILES string of the molecule is Cc1cccc(C)c1C(=O)NCC(N)=S. The highest BCUT2D eigenvalue weighted by Gasteiger charge is 2.10. The van der Waals surface area contributed by atoms with Crippen LogP contribution in [0.25, 0.3) is 0 Å². The zero-order valence-electron chi connectivity index (χ0n) is 8.83. The molecule has 1 rings (SSSR count). The molecular weight excluding hydrogens is 208 g/mol. The lowest BCUT2D eigenvalue weighted by Gasteiger charge is -2.09. The molecule has 1 aromatic rings. The van der Waals surface area contributed by atoms with Crippen molar-refractivity contribution in [1.82, 2.24) is 5.32 Å². The third-order valence-corrected chi connectivity index (χ3v) is 2.28. The van der Waals surface area contributed by atoms with Crippen molar-refractivity contribution in [3.63, 3.8) is 0 Å². The third kappa shape index (κ3) is 3.02. The summed E-state index contributed by atoms with van der Waals surface area (Å²) in [6.07, 6.45) is 0. The largest absolute Gasteiger partial charge is 0.392 e. The van der Waals surface area contributed by atoms with Crippen LogP contribution in [0.3, 0.4) is 0 Å². The lowest BCUT2D eigenvalue weighted by molar-refractivity contribution is 0.0958. The van der Waals surface area contributed by atoms with Crippen LogP contribution in [0.5, 0.6) is 0 Å². The summed E-state index contributed by atoms with van der Waals surface area (Å²) in [6.45, 7) is 4.05. The van der Waals surface area contributed by atoms with Crippen LogP contribution in [0.1, 0.15) is 21.5 Å². The molecule has 1 amide bonds. The maximum atomic E-state index is 11.8. The number of nitrogens with two attached hydrogens (primary N) is 1. The summed E-state index contributed by atoms with van der Waals surface area (Å²) >= 11 is 4.69. The normalized spacial score (nSPS) is 9.73. The van der Waals surface area contributed by atoms with Gasteiger partial charge >= 0.3 is 0 Å². The van der Waals surface area contributed by atoms with Gasteiger partial charge in [-0.25, -0.2) is 0 Å². The Morgan fingerprint density at radius 2 is 1.93 bits per heavy atom. The van der Waals surface area contributed by atoms with E-state index in [9.17, 15) is 4.79 Å². The average molecular weight is 222 g/mol. The van der Waals surface area contributed by atoms with E-state index in [1.165, 1.54) is 0 Å². The smallest absolute Gasteiger partial charge is 0.252 e. The average Bonchev–Trinajstić information content (AvgIpc) is 2.14. The molecule has 0 aliphatic rings. The van der Waals surface area contributed by atoms with Crippen LogP contribution in [0.15, 0.2) is 18.2 Å². The zero-order chi connectivity index (χ0) is 11.4. The number of thiocarbonyl (C=S) groups is 1. The third-order valence-electron chi connectivity index (χ3n) is 2.13. The molecule has 0 saturated heterocycles. The predicted octanol–water partition coefficient (Wildman–Crippen LogP) is 1.32. The van der Waals surface area contributed by atoms with Crippen LogP contribution in [-0.2, 0) is 0 Å². The summed E-state index contributed by atoms with van der Waals surface area (Å²) in [5.41, 5.74) is 7.92. The van der Waals surface area contributed by atoms with Crippen LogP contribution in [0, 0.1) is 13.8 Å². The molecule has 0 aliphatic heterocycles. The minimum Gasteiger partial charge on any atom is -0.392 e. The van der Waals surface area contributed by atoms with Gasteiger partial charge in [0.25, 0.3) is 5.91 Å². The van der Waals surface area contributed by atoms with Gasteiger partial charge in [-0.15, -0.1) is 0 Å². The monoisotopic (exact) mass is 222 g/mol. The van der Waals surface area contributed by atoms with E-state index in [0.29, 0.717) is 5.56 Å². The molecule has 0 aromatic heterocycles. The van der Waals surface area contributed by atoms with Crippen LogP contribution >= 0.6 is 12.2 Å². The minimum absolute atomic E-state index is 0.126. The van der Waals surface area contributed by atoms with Crippen LogP contribution in [0.4, 0.5) is 0 Å². The number of carbonyl (C=O) groups excluding carboxylic acids is 1. The predicted molar refractivity (Wildman–Crippen MR) is 65.0 cm³/mol. The van der Waals surface area contributed by atoms with E-state index in [0.717, 1.165) is 11.1 Å². The van der Waals surface area contributed by atoms with Gasteiger partial charge in [-0.05, 0) is 25.0 Å². The highest BCUT2D eigenvalue weighted by Crippen LogP contribution is 2.12. The van der Waals surface area contributed by atoms with E-state index in [-0.39, 0.29) is 17.4 Å². The second-order valence-corrected chi connectivity index (χ2v) is 3.94. The molecule has 0 aliphatic carbocycles. The van der Waals surface area contributed by atoms with Crippen molar-refractivity contribution >= 4 is 23.1 Å². The van der Waals surface area contributed by atoms with Gasteiger partial charge in [0.05, 0.1) is 11.5 Å². The Morgan fingerprint density at radius 3 is 2.40 bits per heavy atom. The van der Waals surface area contributed by atoms with Crippen LogP contribution in [0.2, 0.25) is 0 Å². The number of benzene rings is 1. The highest BCUT2D eigenvalue weighted by atomic mass is 32.1. The Balaban J connectivity index is 2.86. The van der Waals surface area contributed by atoms with Crippen molar-refractivity contribution in [1.29, 1.82) is 0 Å². The van der Waals surface area contributed by atoms with Crippen molar-refractivity contribution in [3.05, 3.63) is 34.9 Å². The summed E-state index contributed by atoms with van der Waals surface area (Å²) < 4.78 is 0.